The van der Waals surface area contributed by atoms with Crippen molar-refractivity contribution in [2.75, 3.05) is 20.2 Å². The summed E-state index contributed by atoms with van der Waals surface area (Å²) < 4.78 is 31.8. The van der Waals surface area contributed by atoms with Gasteiger partial charge in [-0.2, -0.15) is 4.31 Å². The quantitative estimate of drug-likeness (QED) is 0.871. The van der Waals surface area contributed by atoms with Crippen molar-refractivity contribution in [2.24, 2.45) is 0 Å². The van der Waals surface area contributed by atoms with Gasteiger partial charge in [0.05, 0.1) is 24.1 Å². The Hall–Kier alpha value is -2.38. The van der Waals surface area contributed by atoms with Crippen LogP contribution in [0.1, 0.15) is 23.6 Å². The fourth-order valence-corrected chi connectivity index (χ4v) is 4.04. The number of amides is 1. The van der Waals surface area contributed by atoms with Crippen molar-refractivity contribution in [1.82, 2.24) is 9.62 Å². The number of carbonyl (C=O) groups excluding carboxylic acids is 1. The van der Waals surface area contributed by atoms with Crippen LogP contribution in [-0.2, 0) is 14.8 Å². The summed E-state index contributed by atoms with van der Waals surface area (Å²) in [5, 5.41) is 2.91. The van der Waals surface area contributed by atoms with Crippen molar-refractivity contribution in [3.05, 3.63) is 59.7 Å². The largest absolute Gasteiger partial charge is 0.493 e. The molecule has 2 aromatic rings. The lowest BCUT2D eigenvalue weighted by Crippen LogP contribution is -2.40. The maximum atomic E-state index is 12.6. The van der Waals surface area contributed by atoms with Gasteiger partial charge in [-0.25, -0.2) is 8.42 Å². The smallest absolute Gasteiger partial charge is 0.243 e. The van der Waals surface area contributed by atoms with Crippen molar-refractivity contribution in [2.45, 2.75) is 24.3 Å². The number of aryl methyl sites for hydroxylation is 1. The molecule has 138 valence electrons. The average molecular weight is 374 g/mol. The van der Waals surface area contributed by atoms with Gasteiger partial charge in [-0.15, -0.1) is 0 Å². The molecule has 1 aliphatic heterocycles. The molecule has 1 atom stereocenters. The third kappa shape index (κ3) is 3.89. The Kier molecular flexibility index (Phi) is 5.29. The van der Waals surface area contributed by atoms with Gasteiger partial charge in [0.2, 0.25) is 15.9 Å². The molecule has 2 aromatic carbocycles. The van der Waals surface area contributed by atoms with Crippen LogP contribution in [0, 0.1) is 6.92 Å². The van der Waals surface area contributed by atoms with Gasteiger partial charge in [0.25, 0.3) is 0 Å². The molecule has 3 rings (SSSR count). The summed E-state index contributed by atoms with van der Waals surface area (Å²) in [6, 6.07) is 13.9. The molecule has 0 radical (unpaired) electrons. The normalized spacial score (nSPS) is 16.7. The van der Waals surface area contributed by atoms with E-state index in [4.69, 9.17) is 4.74 Å². The second kappa shape index (κ2) is 7.47. The first-order valence-electron chi connectivity index (χ1n) is 8.42. The Bertz CT molecular complexity index is 894. The number of hydrogen-bond acceptors (Lipinski definition) is 4. The number of benzene rings is 2. The monoisotopic (exact) mass is 374 g/mol. The molecule has 0 unspecified atom stereocenters. The highest BCUT2D eigenvalue weighted by atomic mass is 32.2. The zero-order chi connectivity index (χ0) is 18.7. The second-order valence-electron chi connectivity index (χ2n) is 6.37. The summed E-state index contributed by atoms with van der Waals surface area (Å²) in [5.41, 5.74) is 1.89. The maximum absolute atomic E-state index is 12.6. The molecule has 1 aliphatic rings. The minimum absolute atomic E-state index is 0.176. The van der Waals surface area contributed by atoms with Crippen LogP contribution in [0.25, 0.3) is 0 Å². The van der Waals surface area contributed by atoms with Gasteiger partial charge in [-0.1, -0.05) is 35.9 Å². The van der Waals surface area contributed by atoms with E-state index in [9.17, 15) is 13.2 Å². The van der Waals surface area contributed by atoms with Gasteiger partial charge in [0.15, 0.2) is 0 Å². The first-order valence-corrected chi connectivity index (χ1v) is 9.86. The van der Waals surface area contributed by atoms with Gasteiger partial charge >= 0.3 is 0 Å². The zero-order valence-electron chi connectivity index (χ0n) is 14.8. The molecular formula is C19H22N2O4S. The first kappa shape index (κ1) is 18.4. The van der Waals surface area contributed by atoms with Gasteiger partial charge in [-0.05, 0) is 25.1 Å². The number of carbonyl (C=O) groups is 1. The summed E-state index contributed by atoms with van der Waals surface area (Å²) in [5.74, 6) is 0.412. The highest BCUT2D eigenvalue weighted by Gasteiger charge is 2.26. The predicted octanol–water partition coefficient (Wildman–Crippen LogP) is 2.26. The molecule has 0 saturated carbocycles. The Morgan fingerprint density at radius 3 is 2.62 bits per heavy atom. The van der Waals surface area contributed by atoms with Crippen molar-refractivity contribution in [3.8, 4) is 5.75 Å². The summed E-state index contributed by atoms with van der Waals surface area (Å²) in [4.78, 5) is 12.6. The molecule has 26 heavy (non-hydrogen) atoms. The molecule has 0 fully saturated rings. The Labute approximate surface area is 153 Å². The minimum atomic E-state index is -3.70. The van der Waals surface area contributed by atoms with E-state index < -0.39 is 10.0 Å². The van der Waals surface area contributed by atoms with Gasteiger partial charge in [0, 0.05) is 19.0 Å². The van der Waals surface area contributed by atoms with E-state index in [2.05, 4.69) is 5.32 Å². The maximum Gasteiger partial charge on any atom is 0.243 e. The molecule has 0 saturated heterocycles. The number of nitrogens with zero attached hydrogens (tertiary/aromatic N) is 1. The molecule has 0 aliphatic carbocycles. The molecule has 0 aromatic heterocycles. The van der Waals surface area contributed by atoms with E-state index >= 15 is 0 Å². The molecule has 1 heterocycles. The predicted molar refractivity (Wildman–Crippen MR) is 98.4 cm³/mol. The molecule has 0 spiro atoms. The lowest BCUT2D eigenvalue weighted by atomic mass is 10.0. The number of rotatable bonds is 5. The van der Waals surface area contributed by atoms with Crippen LogP contribution in [0.5, 0.6) is 5.75 Å². The van der Waals surface area contributed by atoms with Crippen molar-refractivity contribution >= 4 is 15.9 Å². The van der Waals surface area contributed by atoms with Crippen LogP contribution in [0.15, 0.2) is 53.4 Å². The van der Waals surface area contributed by atoms with Crippen molar-refractivity contribution in [3.63, 3.8) is 0 Å². The lowest BCUT2D eigenvalue weighted by molar-refractivity contribution is -0.122. The summed E-state index contributed by atoms with van der Waals surface area (Å²) >= 11 is 0. The van der Waals surface area contributed by atoms with Crippen LogP contribution in [-0.4, -0.2) is 38.8 Å². The summed E-state index contributed by atoms with van der Waals surface area (Å²) in [7, 11) is -2.29. The molecular weight excluding hydrogens is 352 g/mol. The van der Waals surface area contributed by atoms with E-state index in [1.54, 1.807) is 24.3 Å². The zero-order valence-corrected chi connectivity index (χ0v) is 15.6. The highest BCUT2D eigenvalue weighted by Crippen LogP contribution is 2.31. The first-order chi connectivity index (χ1) is 12.4. The number of fused-ring (bicyclic) bond motifs is 1. The lowest BCUT2D eigenvalue weighted by Gasteiger charge is -2.27. The molecule has 1 N–H and O–H groups in total. The Morgan fingerprint density at radius 1 is 1.19 bits per heavy atom. The number of likely N-dealkylation sites (N-methyl/N-ethyl adjacent to an activating group) is 1. The molecule has 0 bridgehead atoms. The van der Waals surface area contributed by atoms with Crippen LogP contribution in [0.4, 0.5) is 0 Å². The standard InChI is InChI=1S/C19H22N2O4S/c1-14-7-9-15(10-8-14)26(23,24)21(2)13-19(22)20-17-11-12-25-18-6-4-3-5-16(17)18/h3-10,17H,11-13H2,1-2H3,(H,20,22)/t17-/m0/s1. The van der Waals surface area contributed by atoms with Gasteiger partial charge in [0.1, 0.15) is 5.75 Å². The average Bonchev–Trinajstić information content (AvgIpc) is 2.62. The summed E-state index contributed by atoms with van der Waals surface area (Å²) in [6.07, 6.45) is 0.650. The Morgan fingerprint density at radius 2 is 1.88 bits per heavy atom. The van der Waals surface area contributed by atoms with Gasteiger partial charge < -0.3 is 10.1 Å². The SMILES string of the molecule is Cc1ccc(S(=O)(=O)N(C)CC(=O)N[C@H]2CCOc3ccccc32)cc1. The second-order valence-corrected chi connectivity index (χ2v) is 8.41. The number of sulfonamides is 1. The van der Waals surface area contributed by atoms with Gasteiger partial charge in [-0.3, -0.25) is 4.79 Å². The van der Waals surface area contributed by atoms with E-state index in [1.807, 2.05) is 31.2 Å². The van der Waals surface area contributed by atoms with E-state index in [0.717, 1.165) is 21.2 Å². The molecule has 6 nitrogen and oxygen atoms in total. The van der Waals surface area contributed by atoms with E-state index in [-0.39, 0.29) is 23.4 Å². The molecule has 1 amide bonds. The molecule has 7 heteroatoms. The minimum Gasteiger partial charge on any atom is -0.493 e. The number of ether oxygens (including phenoxy) is 1. The third-order valence-corrected chi connectivity index (χ3v) is 6.21. The van der Waals surface area contributed by atoms with E-state index in [0.29, 0.717) is 13.0 Å². The van der Waals surface area contributed by atoms with Crippen molar-refractivity contribution in [1.29, 1.82) is 0 Å². The van der Waals surface area contributed by atoms with Crippen LogP contribution >= 0.6 is 0 Å². The van der Waals surface area contributed by atoms with Crippen molar-refractivity contribution < 1.29 is 17.9 Å². The topological polar surface area (TPSA) is 75.7 Å². The number of hydrogen-bond donors (Lipinski definition) is 1. The summed E-state index contributed by atoms with van der Waals surface area (Å²) in [6.45, 7) is 2.16. The number of nitrogens with one attached hydrogen (secondary N) is 1. The van der Waals surface area contributed by atoms with Crippen LogP contribution in [0.3, 0.4) is 0 Å². The Balaban J connectivity index is 1.67. The van der Waals surface area contributed by atoms with E-state index in [1.165, 1.54) is 7.05 Å². The third-order valence-electron chi connectivity index (χ3n) is 4.39. The number of para-hydroxylation sites is 1. The van der Waals surface area contributed by atoms with Crippen LogP contribution in [0.2, 0.25) is 0 Å². The highest BCUT2D eigenvalue weighted by molar-refractivity contribution is 7.89. The fraction of sp³-hybridized carbons (Fsp3) is 0.316. The van der Waals surface area contributed by atoms with Crippen LogP contribution < -0.4 is 10.1 Å². The fourth-order valence-electron chi connectivity index (χ4n) is 2.91.